The highest BCUT2D eigenvalue weighted by atomic mass is 16.7. The van der Waals surface area contributed by atoms with Gasteiger partial charge in [0, 0.05) is 38.9 Å². The van der Waals surface area contributed by atoms with Gasteiger partial charge in [-0.3, -0.25) is 0 Å². The van der Waals surface area contributed by atoms with Gasteiger partial charge in [0.1, 0.15) is 0 Å². The summed E-state index contributed by atoms with van der Waals surface area (Å²) >= 11 is 0. The van der Waals surface area contributed by atoms with E-state index in [9.17, 15) is 4.79 Å². The number of benzene rings is 1. The zero-order valence-corrected chi connectivity index (χ0v) is 21.3. The Kier molecular flexibility index (Phi) is 6.62. The molecule has 0 radical (unpaired) electrons. The molecule has 0 spiro atoms. The molecule has 2 fully saturated rings. The molecular weight excluding hydrogens is 442 g/mol. The first-order valence-electron chi connectivity index (χ1n) is 12.8. The van der Waals surface area contributed by atoms with E-state index in [4.69, 9.17) is 19.0 Å². The van der Waals surface area contributed by atoms with Crippen molar-refractivity contribution in [2.24, 2.45) is 22.4 Å². The van der Waals surface area contributed by atoms with Crippen LogP contribution in [0.1, 0.15) is 69.4 Å². The minimum atomic E-state index is -0.422. The van der Waals surface area contributed by atoms with Crippen molar-refractivity contribution in [3.05, 3.63) is 58.4 Å². The van der Waals surface area contributed by atoms with Crippen LogP contribution in [0, 0.1) is 17.3 Å². The normalized spacial score (nSPS) is 34.1. The van der Waals surface area contributed by atoms with Crippen LogP contribution in [-0.4, -0.2) is 45.2 Å². The van der Waals surface area contributed by atoms with Crippen molar-refractivity contribution in [1.29, 1.82) is 0 Å². The van der Waals surface area contributed by atoms with Gasteiger partial charge in [0.25, 0.3) is 0 Å². The Morgan fingerprint density at radius 1 is 1.20 bits per heavy atom. The Bertz CT molecular complexity index is 1060. The Labute approximate surface area is 208 Å². The van der Waals surface area contributed by atoms with Gasteiger partial charge in [0.05, 0.1) is 31.3 Å². The molecule has 35 heavy (non-hydrogen) atoms. The van der Waals surface area contributed by atoms with Crippen LogP contribution in [0.3, 0.4) is 0 Å². The van der Waals surface area contributed by atoms with Crippen LogP contribution >= 0.6 is 0 Å². The fourth-order valence-electron chi connectivity index (χ4n) is 7.65. The third kappa shape index (κ3) is 4.05. The van der Waals surface area contributed by atoms with Crippen molar-refractivity contribution in [2.75, 3.05) is 27.4 Å². The minimum absolute atomic E-state index is 0.0268. The molecule has 0 amide bonds. The molecular formula is C29H37NO5. The largest absolute Gasteiger partial charge is 0.501 e. The Morgan fingerprint density at radius 2 is 2.00 bits per heavy atom. The number of fused-ring (bicyclic) bond motifs is 4. The average Bonchev–Trinajstić information content (AvgIpc) is 3.16. The monoisotopic (exact) mass is 479 g/mol. The van der Waals surface area contributed by atoms with Crippen LogP contribution in [0.5, 0.6) is 0 Å². The van der Waals surface area contributed by atoms with E-state index in [2.05, 4.69) is 36.3 Å². The van der Waals surface area contributed by atoms with E-state index in [1.807, 2.05) is 13.4 Å². The number of rotatable bonds is 6. The highest BCUT2D eigenvalue weighted by Gasteiger charge is 2.63. The fraction of sp³-hybridized carbons (Fsp3) is 0.586. The van der Waals surface area contributed by atoms with E-state index in [0.717, 1.165) is 37.9 Å². The lowest BCUT2D eigenvalue weighted by Crippen LogP contribution is -2.54. The summed E-state index contributed by atoms with van der Waals surface area (Å²) in [5, 5.41) is 3.77. The molecule has 1 aliphatic heterocycles. The molecule has 6 heteroatoms. The van der Waals surface area contributed by atoms with Crippen molar-refractivity contribution < 1.29 is 23.8 Å². The summed E-state index contributed by atoms with van der Waals surface area (Å²) in [6.45, 7) is 5.20. The summed E-state index contributed by atoms with van der Waals surface area (Å²) in [4.78, 5) is 15.7. The van der Waals surface area contributed by atoms with Crippen LogP contribution in [0.25, 0.3) is 0 Å². The number of nitrogens with zero attached hydrogens (tertiary/aromatic N) is 1. The second-order valence-corrected chi connectivity index (χ2v) is 10.8. The molecule has 0 N–H and O–H groups in total. The number of allylic oxidation sites excluding steroid dienone is 2. The van der Waals surface area contributed by atoms with Crippen LogP contribution < -0.4 is 0 Å². The van der Waals surface area contributed by atoms with Gasteiger partial charge in [-0.1, -0.05) is 41.9 Å². The first-order chi connectivity index (χ1) is 16.9. The van der Waals surface area contributed by atoms with Gasteiger partial charge in [-0.25, -0.2) is 4.79 Å². The van der Waals surface area contributed by atoms with Gasteiger partial charge < -0.3 is 19.0 Å². The molecule has 188 valence electrons. The second-order valence-electron chi connectivity index (χ2n) is 10.8. The van der Waals surface area contributed by atoms with E-state index < -0.39 is 5.97 Å². The van der Waals surface area contributed by atoms with Gasteiger partial charge in [0.2, 0.25) is 0 Å². The zero-order valence-electron chi connectivity index (χ0n) is 21.3. The number of methoxy groups -OCH3 is 2. The van der Waals surface area contributed by atoms with Crippen LogP contribution in [0.15, 0.2) is 52.4 Å². The van der Waals surface area contributed by atoms with Gasteiger partial charge in [-0.05, 0) is 66.2 Å². The van der Waals surface area contributed by atoms with E-state index >= 15 is 0 Å². The number of carbonyl (C=O) groups is 1. The molecule has 5 atom stereocenters. The summed E-state index contributed by atoms with van der Waals surface area (Å²) in [6.07, 6.45) is 10.1. The maximum Gasteiger partial charge on any atom is 0.331 e. The molecule has 6 nitrogen and oxygen atoms in total. The molecule has 0 bridgehead atoms. The second kappa shape index (κ2) is 9.55. The summed E-state index contributed by atoms with van der Waals surface area (Å²) < 4.78 is 17.8. The molecule has 5 rings (SSSR count). The maximum atomic E-state index is 11.0. The van der Waals surface area contributed by atoms with Crippen molar-refractivity contribution in [1.82, 2.24) is 0 Å². The fourth-order valence-corrected chi connectivity index (χ4v) is 7.65. The summed E-state index contributed by atoms with van der Waals surface area (Å²) in [5.41, 5.74) is 6.58. The van der Waals surface area contributed by atoms with Gasteiger partial charge in [-0.15, -0.1) is 0 Å². The first-order valence-corrected chi connectivity index (χ1v) is 12.8. The number of ether oxygens (including phenoxy) is 3. The summed E-state index contributed by atoms with van der Waals surface area (Å²) in [5.74, 6) is 1.05. The molecule has 2 unspecified atom stereocenters. The van der Waals surface area contributed by atoms with Gasteiger partial charge >= 0.3 is 5.97 Å². The van der Waals surface area contributed by atoms with E-state index in [0.29, 0.717) is 24.4 Å². The van der Waals surface area contributed by atoms with E-state index in [1.54, 1.807) is 24.5 Å². The molecule has 4 aliphatic rings. The number of hydrogen-bond donors (Lipinski definition) is 0. The van der Waals surface area contributed by atoms with Gasteiger partial charge in [0.15, 0.2) is 0 Å². The summed E-state index contributed by atoms with van der Waals surface area (Å²) in [6, 6.07) is 8.55. The molecule has 0 aromatic heterocycles. The average molecular weight is 480 g/mol. The third-order valence-electron chi connectivity index (χ3n) is 9.25. The molecule has 3 aliphatic carbocycles. The Morgan fingerprint density at radius 3 is 2.71 bits per heavy atom. The zero-order chi connectivity index (χ0) is 24.6. The van der Waals surface area contributed by atoms with Crippen molar-refractivity contribution in [3.63, 3.8) is 0 Å². The number of oxime groups is 1. The lowest BCUT2D eigenvalue weighted by atomic mass is 9.51. The molecule has 1 aromatic carbocycles. The van der Waals surface area contributed by atoms with E-state index in [-0.39, 0.29) is 11.0 Å². The van der Waals surface area contributed by atoms with Crippen LogP contribution in [0.4, 0.5) is 0 Å². The quantitative estimate of drug-likeness (QED) is 0.305. The first kappa shape index (κ1) is 24.3. The molecule has 2 saturated carbocycles. The molecule has 1 aromatic rings. The predicted octanol–water partition coefficient (Wildman–Crippen LogP) is 5.53. The van der Waals surface area contributed by atoms with Crippen molar-refractivity contribution >= 4 is 12.2 Å². The van der Waals surface area contributed by atoms with Crippen molar-refractivity contribution in [3.8, 4) is 0 Å². The minimum Gasteiger partial charge on any atom is -0.501 e. The highest BCUT2D eigenvalue weighted by Crippen LogP contribution is 2.67. The summed E-state index contributed by atoms with van der Waals surface area (Å²) in [7, 11) is 3.66. The topological polar surface area (TPSA) is 66.3 Å². The number of carbonyl (C=O) groups excluding carboxylic acids is 1. The van der Waals surface area contributed by atoms with Crippen LogP contribution in [0.2, 0.25) is 0 Å². The Balaban J connectivity index is 1.57. The highest BCUT2D eigenvalue weighted by molar-refractivity contribution is 5.80. The standard InChI is InChI=1S/C29H37NO5/c1-19(31)35-30-16-20-5-7-21(8-6-20)25-15-28(2)26(11-13-29(28,33-4)18-32-3)24-10-9-22-17-34-14-12-23(22)27(24)25/h5-8,16-17,24-26H,9-15,18H2,1-4H3/t24?,25-,26?,28+,29-/m1/s1. The number of hydrogen-bond acceptors (Lipinski definition) is 6. The SMILES string of the molecule is COC[C@]1(OC)CCC2C3CCC4=COCCC4=C3[C@@H](c3ccc(C=NOC(C)=O)cc3)C[C@@]21C. The van der Waals surface area contributed by atoms with E-state index in [1.165, 1.54) is 30.9 Å². The maximum absolute atomic E-state index is 11.0. The molecule has 0 saturated heterocycles. The lowest BCUT2D eigenvalue weighted by Gasteiger charge is -2.55. The molecule has 1 heterocycles. The van der Waals surface area contributed by atoms with Crippen molar-refractivity contribution in [2.45, 2.75) is 63.9 Å². The Hall–Kier alpha value is -2.44. The van der Waals surface area contributed by atoms with Gasteiger partial charge in [-0.2, -0.15) is 0 Å². The third-order valence-corrected chi connectivity index (χ3v) is 9.25. The van der Waals surface area contributed by atoms with Crippen LogP contribution in [-0.2, 0) is 23.8 Å². The predicted molar refractivity (Wildman–Crippen MR) is 134 cm³/mol. The lowest BCUT2D eigenvalue weighted by molar-refractivity contribution is -0.149. The smallest absolute Gasteiger partial charge is 0.331 e.